The average molecular weight is 410 g/mol. The molecule has 0 spiro atoms. The first-order chi connectivity index (χ1) is 14.5. The molecular formula is C26H35NO3. The fraction of sp³-hybridized carbons (Fsp3) is 0.500. The first-order valence-corrected chi connectivity index (χ1v) is 11.4. The van der Waals surface area contributed by atoms with Gasteiger partial charge in [-0.2, -0.15) is 0 Å². The van der Waals surface area contributed by atoms with Crippen LogP contribution in [0.3, 0.4) is 0 Å². The van der Waals surface area contributed by atoms with Gasteiger partial charge >= 0.3 is 0 Å². The maximum absolute atomic E-state index is 12.6. The monoisotopic (exact) mass is 409 g/mol. The van der Waals surface area contributed by atoms with Crippen molar-refractivity contribution >= 4 is 5.91 Å². The van der Waals surface area contributed by atoms with Crippen molar-refractivity contribution in [3.05, 3.63) is 59.2 Å². The molecule has 1 aliphatic rings. The third-order valence-corrected chi connectivity index (χ3v) is 5.47. The predicted octanol–water partition coefficient (Wildman–Crippen LogP) is 5.26. The topological polar surface area (TPSA) is 47.6 Å². The summed E-state index contributed by atoms with van der Waals surface area (Å²) in [4.78, 5) is 12.6. The molecule has 4 nitrogen and oxygen atoms in total. The zero-order chi connectivity index (χ0) is 21.3. The fourth-order valence-electron chi connectivity index (χ4n) is 3.93. The Bertz CT molecular complexity index is 831. The van der Waals surface area contributed by atoms with Crippen molar-refractivity contribution in [1.29, 1.82) is 0 Å². The number of aryl methyl sites for hydroxylation is 3. The van der Waals surface area contributed by atoms with Crippen LogP contribution in [0.1, 0.15) is 63.1 Å². The highest BCUT2D eigenvalue weighted by Gasteiger charge is 2.19. The minimum absolute atomic E-state index is 0.0351. The first kappa shape index (κ1) is 22.2. The molecule has 1 N–H and O–H groups in total. The van der Waals surface area contributed by atoms with Gasteiger partial charge in [-0.1, -0.05) is 25.1 Å². The van der Waals surface area contributed by atoms with Crippen LogP contribution in [0.2, 0.25) is 0 Å². The number of amides is 1. The molecule has 1 atom stereocenters. The van der Waals surface area contributed by atoms with Gasteiger partial charge in [-0.05, 0) is 99.7 Å². The third kappa shape index (κ3) is 6.51. The lowest BCUT2D eigenvalue weighted by atomic mass is 9.92. The molecule has 0 fully saturated rings. The maximum atomic E-state index is 12.6. The van der Waals surface area contributed by atoms with Gasteiger partial charge in [0.15, 0.2) is 6.10 Å². The van der Waals surface area contributed by atoms with E-state index in [0.29, 0.717) is 13.0 Å². The molecule has 0 saturated heterocycles. The summed E-state index contributed by atoms with van der Waals surface area (Å²) in [6.07, 6.45) is 6.92. The molecule has 0 unspecified atom stereocenters. The lowest BCUT2D eigenvalue weighted by Crippen LogP contribution is -2.38. The molecule has 3 rings (SSSR count). The number of ether oxygens (including phenoxy) is 2. The Morgan fingerprint density at radius 1 is 1.00 bits per heavy atom. The summed E-state index contributed by atoms with van der Waals surface area (Å²) in [5.74, 6) is 1.67. The molecular weight excluding hydrogens is 374 g/mol. The largest absolute Gasteiger partial charge is 0.491 e. The Kier molecular flexibility index (Phi) is 8.18. The average Bonchev–Trinajstić information content (AvgIpc) is 2.74. The van der Waals surface area contributed by atoms with Gasteiger partial charge in [0.1, 0.15) is 11.5 Å². The van der Waals surface area contributed by atoms with Crippen LogP contribution in [0.25, 0.3) is 0 Å². The molecule has 0 bridgehead atoms. The van der Waals surface area contributed by atoms with E-state index in [1.54, 1.807) is 0 Å². The summed E-state index contributed by atoms with van der Waals surface area (Å²) in [5, 5.41) is 3.04. The Morgan fingerprint density at radius 3 is 2.53 bits per heavy atom. The molecule has 1 aliphatic carbocycles. The molecule has 0 aromatic heterocycles. The number of hydrogen-bond acceptors (Lipinski definition) is 3. The second kappa shape index (κ2) is 11.1. The van der Waals surface area contributed by atoms with Crippen molar-refractivity contribution in [3.63, 3.8) is 0 Å². The van der Waals surface area contributed by atoms with E-state index in [-0.39, 0.29) is 12.0 Å². The highest BCUT2D eigenvalue weighted by molar-refractivity contribution is 5.81. The highest BCUT2D eigenvalue weighted by atomic mass is 16.5. The fourth-order valence-corrected chi connectivity index (χ4v) is 3.93. The van der Waals surface area contributed by atoms with Gasteiger partial charge < -0.3 is 14.8 Å². The Hall–Kier alpha value is -2.49. The number of nitrogens with one attached hydrogen (secondary N) is 1. The zero-order valence-electron chi connectivity index (χ0n) is 18.6. The number of benzene rings is 2. The summed E-state index contributed by atoms with van der Waals surface area (Å²) in [5.41, 5.74) is 4.02. The Morgan fingerprint density at radius 2 is 1.77 bits per heavy atom. The van der Waals surface area contributed by atoms with Gasteiger partial charge in [0.25, 0.3) is 5.91 Å². The van der Waals surface area contributed by atoms with E-state index >= 15 is 0 Å². The lowest BCUT2D eigenvalue weighted by molar-refractivity contribution is -0.128. The van der Waals surface area contributed by atoms with Gasteiger partial charge in [-0.3, -0.25) is 4.79 Å². The number of rotatable bonds is 10. The lowest BCUT2D eigenvalue weighted by Gasteiger charge is -2.20. The van der Waals surface area contributed by atoms with Gasteiger partial charge in [-0.15, -0.1) is 0 Å². The van der Waals surface area contributed by atoms with Crippen LogP contribution < -0.4 is 14.8 Å². The third-order valence-electron chi connectivity index (χ3n) is 5.47. The minimum Gasteiger partial charge on any atom is -0.491 e. The molecule has 162 valence electrons. The van der Waals surface area contributed by atoms with Crippen LogP contribution in [0.15, 0.2) is 42.5 Å². The second-order valence-electron chi connectivity index (χ2n) is 8.36. The van der Waals surface area contributed by atoms with Crippen LogP contribution in [-0.2, 0) is 24.1 Å². The maximum Gasteiger partial charge on any atom is 0.261 e. The quantitative estimate of drug-likeness (QED) is 0.545. The summed E-state index contributed by atoms with van der Waals surface area (Å²) in [7, 11) is 0. The SMILES string of the molecule is CC[C@H](Oc1ccc2c(c1)CCCC2)C(=O)NCCCc1cccc(OC(C)C)c1. The standard InChI is InChI=1S/C26H35NO3/c1-4-25(30-24-15-14-21-11-5-6-12-22(21)18-24)26(28)27-16-8-10-20-9-7-13-23(17-20)29-19(2)3/h7,9,13-15,17-19,25H,4-6,8,10-12,16H2,1-3H3,(H,27,28)/t25-/m0/s1. The van der Waals surface area contributed by atoms with E-state index in [2.05, 4.69) is 29.6 Å². The molecule has 0 radical (unpaired) electrons. The van der Waals surface area contributed by atoms with E-state index in [9.17, 15) is 4.79 Å². The van der Waals surface area contributed by atoms with Crippen LogP contribution in [-0.4, -0.2) is 24.7 Å². The van der Waals surface area contributed by atoms with Crippen LogP contribution in [0.5, 0.6) is 11.5 Å². The molecule has 30 heavy (non-hydrogen) atoms. The molecule has 2 aromatic carbocycles. The molecule has 0 saturated carbocycles. The number of fused-ring (bicyclic) bond motifs is 1. The van der Waals surface area contributed by atoms with Crippen molar-refractivity contribution in [3.8, 4) is 11.5 Å². The molecule has 0 heterocycles. The number of hydrogen-bond donors (Lipinski definition) is 1. The summed E-state index contributed by atoms with van der Waals surface area (Å²) >= 11 is 0. The van der Waals surface area contributed by atoms with E-state index in [4.69, 9.17) is 9.47 Å². The smallest absolute Gasteiger partial charge is 0.261 e. The van der Waals surface area contributed by atoms with Crippen molar-refractivity contribution in [2.75, 3.05) is 6.54 Å². The number of carbonyl (C=O) groups is 1. The summed E-state index contributed by atoms with van der Waals surface area (Å²) < 4.78 is 11.8. The summed E-state index contributed by atoms with van der Waals surface area (Å²) in [6, 6.07) is 14.5. The molecule has 4 heteroatoms. The van der Waals surface area contributed by atoms with Crippen molar-refractivity contribution in [2.45, 2.75) is 77.9 Å². The van der Waals surface area contributed by atoms with Crippen LogP contribution in [0, 0.1) is 0 Å². The molecule has 1 amide bonds. The zero-order valence-corrected chi connectivity index (χ0v) is 18.6. The van der Waals surface area contributed by atoms with E-state index in [1.807, 2.05) is 39.0 Å². The van der Waals surface area contributed by atoms with Crippen LogP contribution in [0.4, 0.5) is 0 Å². The summed E-state index contributed by atoms with van der Waals surface area (Å²) in [6.45, 7) is 6.68. The van der Waals surface area contributed by atoms with Gasteiger partial charge in [-0.25, -0.2) is 0 Å². The normalized spacial score (nSPS) is 14.1. The van der Waals surface area contributed by atoms with Crippen LogP contribution >= 0.6 is 0 Å². The minimum atomic E-state index is -0.450. The molecule has 0 aliphatic heterocycles. The predicted molar refractivity (Wildman–Crippen MR) is 121 cm³/mol. The first-order valence-electron chi connectivity index (χ1n) is 11.4. The van der Waals surface area contributed by atoms with Crippen molar-refractivity contribution in [1.82, 2.24) is 5.32 Å². The Labute approximate surface area is 181 Å². The van der Waals surface area contributed by atoms with E-state index in [0.717, 1.165) is 37.2 Å². The van der Waals surface area contributed by atoms with E-state index < -0.39 is 6.10 Å². The number of carbonyl (C=O) groups excluding carboxylic acids is 1. The van der Waals surface area contributed by atoms with Crippen molar-refractivity contribution < 1.29 is 14.3 Å². The van der Waals surface area contributed by atoms with Gasteiger partial charge in [0, 0.05) is 6.54 Å². The second-order valence-corrected chi connectivity index (χ2v) is 8.36. The molecule has 2 aromatic rings. The Balaban J connectivity index is 1.45. The van der Waals surface area contributed by atoms with Gasteiger partial charge in [0.2, 0.25) is 0 Å². The van der Waals surface area contributed by atoms with Crippen molar-refractivity contribution in [2.24, 2.45) is 0 Å². The highest BCUT2D eigenvalue weighted by Crippen LogP contribution is 2.26. The van der Waals surface area contributed by atoms with Gasteiger partial charge in [0.05, 0.1) is 6.10 Å². The van der Waals surface area contributed by atoms with E-state index in [1.165, 1.54) is 29.5 Å².